The number of carbonyl (C=O) groups excluding carboxylic acids is 2. The summed E-state index contributed by atoms with van der Waals surface area (Å²) in [5, 5.41) is 0. The van der Waals surface area contributed by atoms with E-state index in [2.05, 4.69) is 8.37 Å². The molecule has 0 fully saturated rings. The van der Waals surface area contributed by atoms with E-state index in [-0.39, 0.29) is 31.4 Å². The molecule has 0 aromatic heterocycles. The molecule has 0 saturated carbocycles. The van der Waals surface area contributed by atoms with Crippen LogP contribution in [0.4, 0.5) is 0 Å². The second-order valence-electron chi connectivity index (χ2n) is 9.31. The van der Waals surface area contributed by atoms with Crippen LogP contribution in [0.25, 0.3) is 0 Å². The van der Waals surface area contributed by atoms with Crippen LogP contribution in [0.15, 0.2) is 105 Å². The summed E-state index contributed by atoms with van der Waals surface area (Å²) in [6.45, 7) is 1.51. The van der Waals surface area contributed by atoms with Crippen molar-refractivity contribution in [2.75, 3.05) is 21.3 Å². The minimum Gasteiger partial charge on any atom is -0.497 e. The molecule has 45 heavy (non-hydrogen) atoms. The molecule has 0 atom stereocenters. The number of methoxy groups -OCH3 is 1. The Morgan fingerprint density at radius 2 is 1.04 bits per heavy atom. The normalized spacial score (nSPS) is 12.0. The van der Waals surface area contributed by atoms with Gasteiger partial charge in [-0.25, -0.2) is 13.2 Å². The fourth-order valence-corrected chi connectivity index (χ4v) is 7.09. The number of hydrogen-bond donors (Lipinski definition) is 0. The maximum absolute atomic E-state index is 13.3. The molecule has 12 nitrogen and oxygen atoms in total. The van der Waals surface area contributed by atoms with E-state index >= 15 is 0 Å². The molecular formula is C30H26O12S3. The van der Waals surface area contributed by atoms with Crippen molar-refractivity contribution in [2.45, 2.75) is 26.5 Å². The van der Waals surface area contributed by atoms with Crippen molar-refractivity contribution in [3.8, 4) is 11.5 Å². The van der Waals surface area contributed by atoms with Crippen LogP contribution < -0.4 is 9.47 Å². The van der Waals surface area contributed by atoms with Crippen molar-refractivity contribution >= 4 is 41.8 Å². The maximum atomic E-state index is 13.3. The lowest BCUT2D eigenvalue weighted by Gasteiger charge is -2.12. The molecule has 0 aliphatic carbocycles. The van der Waals surface area contributed by atoms with E-state index in [1.807, 2.05) is 0 Å². The Labute approximate surface area is 260 Å². The lowest BCUT2D eigenvalue weighted by atomic mass is 10.0. The second-order valence-corrected chi connectivity index (χ2v) is 14.6. The van der Waals surface area contributed by atoms with Crippen LogP contribution in [-0.4, -0.2) is 58.3 Å². The van der Waals surface area contributed by atoms with E-state index in [9.17, 15) is 34.8 Å². The zero-order chi connectivity index (χ0) is 33.2. The molecule has 4 rings (SSSR count). The smallest absolute Gasteiger partial charge is 0.343 e. The van der Waals surface area contributed by atoms with Crippen LogP contribution in [0.5, 0.6) is 11.5 Å². The molecule has 4 aromatic rings. The molecular weight excluding hydrogens is 649 g/mol. The highest BCUT2D eigenvalue weighted by molar-refractivity contribution is 7.91. The van der Waals surface area contributed by atoms with E-state index in [4.69, 9.17) is 9.47 Å². The first kappa shape index (κ1) is 33.5. The molecule has 0 amide bonds. The highest BCUT2D eigenvalue weighted by Crippen LogP contribution is 2.30. The number of aryl methyl sites for hydroxylation is 1. The summed E-state index contributed by atoms with van der Waals surface area (Å²) in [6, 6.07) is 17.6. The number of benzene rings is 4. The van der Waals surface area contributed by atoms with Crippen molar-refractivity contribution in [1.29, 1.82) is 0 Å². The third-order valence-electron chi connectivity index (χ3n) is 6.61. The predicted octanol–water partition coefficient (Wildman–Crippen LogP) is 3.96. The van der Waals surface area contributed by atoms with Crippen molar-refractivity contribution in [2.24, 2.45) is 0 Å². The number of ketones is 1. The SMILES string of the molecule is COc1ccc(S(=O)(=O)c2ccc(C(=O)Oc3ccc(C(=O)c4ccc(C)c(S(=O)(=O)OC)c4)cc3S(=O)(=O)OC)cc2)cc1. The van der Waals surface area contributed by atoms with Crippen molar-refractivity contribution in [3.05, 3.63) is 107 Å². The number of esters is 1. The second kappa shape index (κ2) is 12.9. The van der Waals surface area contributed by atoms with Gasteiger partial charge in [-0.3, -0.25) is 13.2 Å². The van der Waals surface area contributed by atoms with Gasteiger partial charge in [-0.1, -0.05) is 12.1 Å². The zero-order valence-corrected chi connectivity index (χ0v) is 26.7. The van der Waals surface area contributed by atoms with E-state index < -0.39 is 52.5 Å². The summed E-state index contributed by atoms with van der Waals surface area (Å²) in [7, 11) is -9.30. The lowest BCUT2D eigenvalue weighted by molar-refractivity contribution is 0.0729. The Bertz CT molecular complexity index is 2100. The van der Waals surface area contributed by atoms with Crippen molar-refractivity contribution < 1.29 is 52.7 Å². The molecule has 0 heterocycles. The minimum atomic E-state index is -4.53. The van der Waals surface area contributed by atoms with E-state index in [1.54, 1.807) is 0 Å². The molecule has 236 valence electrons. The van der Waals surface area contributed by atoms with Gasteiger partial charge in [-0.15, -0.1) is 0 Å². The Balaban J connectivity index is 1.64. The summed E-state index contributed by atoms with van der Waals surface area (Å²) >= 11 is 0. The number of ether oxygens (including phenoxy) is 2. The van der Waals surface area contributed by atoms with Crippen LogP contribution in [0.1, 0.15) is 31.8 Å². The molecule has 0 radical (unpaired) electrons. The molecule has 15 heteroatoms. The lowest BCUT2D eigenvalue weighted by Crippen LogP contribution is -2.14. The highest BCUT2D eigenvalue weighted by atomic mass is 32.2. The van der Waals surface area contributed by atoms with Crippen LogP contribution in [0, 0.1) is 6.92 Å². The third kappa shape index (κ3) is 6.97. The average Bonchev–Trinajstić information content (AvgIpc) is 3.04. The van der Waals surface area contributed by atoms with Gasteiger partial charge in [0.25, 0.3) is 20.2 Å². The summed E-state index contributed by atoms with van der Waals surface area (Å²) in [5.74, 6) is -1.76. The monoisotopic (exact) mass is 674 g/mol. The topological polar surface area (TPSA) is 173 Å². The van der Waals surface area contributed by atoms with Gasteiger partial charge in [0.1, 0.15) is 10.6 Å². The Morgan fingerprint density at radius 1 is 0.578 bits per heavy atom. The van der Waals surface area contributed by atoms with Gasteiger partial charge in [0.05, 0.1) is 41.6 Å². The first-order chi connectivity index (χ1) is 21.1. The number of sulfone groups is 1. The largest absolute Gasteiger partial charge is 0.497 e. The molecule has 0 aliphatic heterocycles. The summed E-state index contributed by atoms with van der Waals surface area (Å²) in [4.78, 5) is 25.2. The Kier molecular flexibility index (Phi) is 9.60. The van der Waals surface area contributed by atoms with Gasteiger partial charge in [0.15, 0.2) is 11.5 Å². The van der Waals surface area contributed by atoms with Crippen molar-refractivity contribution in [3.63, 3.8) is 0 Å². The standard InChI is InChI=1S/C30H26O12S3/c1-19-5-6-21(17-27(19)44(35,36)40-3)29(31)22-9-16-26(28(18-22)45(37,38)41-4)42-30(32)20-7-12-24(13-8-20)43(33,34)25-14-10-23(39-2)11-15-25/h5-18H,1-4H3. The van der Waals surface area contributed by atoms with Gasteiger partial charge in [-0.2, -0.15) is 16.8 Å². The molecule has 4 aromatic carbocycles. The van der Waals surface area contributed by atoms with E-state index in [0.29, 0.717) is 11.3 Å². The predicted molar refractivity (Wildman–Crippen MR) is 159 cm³/mol. The number of hydrogen-bond acceptors (Lipinski definition) is 12. The Morgan fingerprint density at radius 3 is 1.58 bits per heavy atom. The first-order valence-corrected chi connectivity index (χ1v) is 17.1. The third-order valence-corrected chi connectivity index (χ3v) is 11.1. The summed E-state index contributed by atoms with van der Waals surface area (Å²) in [5.41, 5.74) is -0.0321. The van der Waals surface area contributed by atoms with Gasteiger partial charge in [-0.05, 0) is 85.3 Å². The highest BCUT2D eigenvalue weighted by Gasteiger charge is 2.26. The first-order valence-electron chi connectivity index (χ1n) is 12.8. The molecule has 0 bridgehead atoms. The van der Waals surface area contributed by atoms with Gasteiger partial charge in [0.2, 0.25) is 9.84 Å². The quantitative estimate of drug-likeness (QED) is 0.0971. The number of carbonyl (C=O) groups is 2. The fraction of sp³-hybridized carbons (Fsp3) is 0.133. The van der Waals surface area contributed by atoms with E-state index in [0.717, 1.165) is 32.4 Å². The van der Waals surface area contributed by atoms with Gasteiger partial charge in [0, 0.05) is 11.1 Å². The minimum absolute atomic E-state index is 0.00450. The molecule has 0 spiro atoms. The van der Waals surface area contributed by atoms with Crippen molar-refractivity contribution in [1.82, 2.24) is 0 Å². The van der Waals surface area contributed by atoms with Gasteiger partial charge >= 0.3 is 5.97 Å². The summed E-state index contributed by atoms with van der Waals surface area (Å²) < 4.78 is 95.5. The van der Waals surface area contributed by atoms with Crippen LogP contribution in [0.3, 0.4) is 0 Å². The average molecular weight is 675 g/mol. The zero-order valence-electron chi connectivity index (χ0n) is 24.2. The van der Waals surface area contributed by atoms with Gasteiger partial charge < -0.3 is 9.47 Å². The Hall–Kier alpha value is -4.41. The maximum Gasteiger partial charge on any atom is 0.343 e. The molecule has 0 saturated heterocycles. The van der Waals surface area contributed by atoms with Crippen LogP contribution in [0.2, 0.25) is 0 Å². The molecule has 0 aliphatic rings. The molecule has 0 N–H and O–H groups in total. The fourth-order valence-electron chi connectivity index (χ4n) is 4.11. The van der Waals surface area contributed by atoms with Crippen LogP contribution in [-0.2, 0) is 38.4 Å². The van der Waals surface area contributed by atoms with Crippen LogP contribution >= 0.6 is 0 Å². The number of rotatable bonds is 11. The summed E-state index contributed by atoms with van der Waals surface area (Å²) in [6.07, 6.45) is 0. The molecule has 0 unspecified atom stereocenters. The van der Waals surface area contributed by atoms with E-state index in [1.165, 1.54) is 80.8 Å².